The SMILES string of the molecule is CCCCCCCCCCCCCCCCOC(=O)/C=C\C([O])=O.CCCCCCCCCCCCCCCCOC(=O)/C=C\C([O])=O.[CH2]CCC.[CH2]CCC.[Sn]. The van der Waals surface area contributed by atoms with Crippen LogP contribution in [0.25, 0.3) is 0 Å². The van der Waals surface area contributed by atoms with Crippen LogP contribution in [0.5, 0.6) is 0 Å². The van der Waals surface area contributed by atoms with Crippen LogP contribution in [0.1, 0.15) is 233 Å². The van der Waals surface area contributed by atoms with Crippen LogP contribution in [0, 0.1) is 13.8 Å². The summed E-state index contributed by atoms with van der Waals surface area (Å²) in [7, 11) is 0. The first-order valence-corrected chi connectivity index (χ1v) is 22.9. The number of unbranched alkanes of at least 4 members (excludes halogenated alkanes) is 28. The quantitative estimate of drug-likeness (QED) is 0.0267. The number of ether oxygens (including phenoxy) is 2. The van der Waals surface area contributed by atoms with Crippen LogP contribution in [0.2, 0.25) is 0 Å². The summed E-state index contributed by atoms with van der Waals surface area (Å²) in [5.74, 6) is -4.00. The smallest absolute Gasteiger partial charge is 0.379 e. The minimum atomic E-state index is -1.39. The van der Waals surface area contributed by atoms with E-state index in [0.29, 0.717) is 25.4 Å². The molecule has 0 amide bonds. The van der Waals surface area contributed by atoms with E-state index >= 15 is 0 Å². The molecule has 0 aromatic carbocycles. The third kappa shape index (κ3) is 75.6. The second kappa shape index (κ2) is 60.8. The molecule has 0 aromatic rings. The topological polar surface area (TPSA) is 127 Å². The van der Waals surface area contributed by atoms with Crippen LogP contribution in [0.15, 0.2) is 24.3 Å². The van der Waals surface area contributed by atoms with Gasteiger partial charge in [0.15, 0.2) is 0 Å². The summed E-state index contributed by atoms with van der Waals surface area (Å²) in [4.78, 5) is 42.4. The number of esters is 2. The minimum Gasteiger partial charge on any atom is -0.463 e. The Morgan fingerprint density at radius 1 is 0.351 bits per heavy atom. The van der Waals surface area contributed by atoms with Crippen molar-refractivity contribution in [3.8, 4) is 0 Å². The van der Waals surface area contributed by atoms with Gasteiger partial charge in [-0.3, -0.25) is 0 Å². The summed E-state index contributed by atoms with van der Waals surface area (Å²) in [6.45, 7) is 16.7. The van der Waals surface area contributed by atoms with Crippen LogP contribution in [0.3, 0.4) is 0 Å². The van der Waals surface area contributed by atoms with E-state index < -0.39 is 23.9 Å². The van der Waals surface area contributed by atoms with E-state index in [1.54, 1.807) is 0 Å². The molecule has 0 aromatic heterocycles. The molecule has 0 aliphatic carbocycles. The molecule has 0 heterocycles. The molecule has 0 spiro atoms. The van der Waals surface area contributed by atoms with Crippen LogP contribution < -0.4 is 0 Å². The van der Waals surface area contributed by atoms with Crippen molar-refractivity contribution in [1.82, 2.24) is 0 Å². The van der Waals surface area contributed by atoms with Gasteiger partial charge in [0, 0.05) is 48.2 Å². The van der Waals surface area contributed by atoms with Gasteiger partial charge in [0.25, 0.3) is 0 Å². The molecule has 0 N–H and O–H groups in total. The first-order chi connectivity index (χ1) is 27.2. The minimum absolute atomic E-state index is 0. The second-order valence-electron chi connectivity index (χ2n) is 14.5. The van der Waals surface area contributed by atoms with Crippen molar-refractivity contribution >= 4 is 47.8 Å². The molecule has 0 saturated carbocycles. The van der Waals surface area contributed by atoms with Crippen molar-refractivity contribution in [1.29, 1.82) is 0 Å². The third-order valence-electron chi connectivity index (χ3n) is 8.90. The van der Waals surface area contributed by atoms with Crippen molar-refractivity contribution < 1.29 is 38.9 Å². The monoisotopic (exact) mass is 913 g/mol. The van der Waals surface area contributed by atoms with E-state index in [1.165, 1.54) is 167 Å². The van der Waals surface area contributed by atoms with Crippen molar-refractivity contribution in [2.45, 2.75) is 233 Å². The Labute approximate surface area is 369 Å². The maximum absolute atomic E-state index is 11.1. The molecule has 0 bridgehead atoms. The van der Waals surface area contributed by atoms with E-state index in [2.05, 4.69) is 41.5 Å². The largest absolute Gasteiger partial charge is 0.463 e. The second-order valence-corrected chi connectivity index (χ2v) is 14.5. The molecule has 0 unspecified atom stereocenters. The van der Waals surface area contributed by atoms with Gasteiger partial charge in [-0.25, -0.2) is 29.4 Å². The summed E-state index contributed by atoms with van der Waals surface area (Å²) in [6, 6.07) is 0. The van der Waals surface area contributed by atoms with Gasteiger partial charge in [0.2, 0.25) is 0 Å². The number of carbonyl (C=O) groups is 4. The van der Waals surface area contributed by atoms with Crippen molar-refractivity contribution in [2.24, 2.45) is 0 Å². The Morgan fingerprint density at radius 2 is 0.544 bits per heavy atom. The first-order valence-electron chi connectivity index (χ1n) is 22.9. The predicted octanol–water partition coefficient (Wildman–Crippen LogP) is 13.9. The zero-order valence-electron chi connectivity index (χ0n) is 37.5. The molecule has 0 atom stereocenters. The first kappa shape index (κ1) is 64.3. The fourth-order valence-electron chi connectivity index (χ4n) is 5.31. The molecule has 0 aliphatic rings. The van der Waals surface area contributed by atoms with E-state index in [9.17, 15) is 29.4 Å². The van der Waals surface area contributed by atoms with Crippen LogP contribution in [0.4, 0.5) is 0 Å². The number of hydrogen-bond acceptors (Lipinski definition) is 6. The van der Waals surface area contributed by atoms with Gasteiger partial charge in [-0.2, -0.15) is 0 Å². The molecule has 8 nitrogen and oxygen atoms in total. The summed E-state index contributed by atoms with van der Waals surface area (Å²) in [5, 5.41) is 20.2. The van der Waals surface area contributed by atoms with Crippen molar-refractivity contribution in [3.05, 3.63) is 38.2 Å². The number of rotatable bonds is 36. The molecule has 57 heavy (non-hydrogen) atoms. The van der Waals surface area contributed by atoms with Gasteiger partial charge in [-0.05, 0) is 12.8 Å². The summed E-state index contributed by atoms with van der Waals surface area (Å²) < 4.78 is 9.77. The van der Waals surface area contributed by atoms with Crippen LogP contribution in [-0.4, -0.2) is 61.0 Å². The van der Waals surface area contributed by atoms with Crippen molar-refractivity contribution in [2.75, 3.05) is 13.2 Å². The van der Waals surface area contributed by atoms with E-state index in [4.69, 9.17) is 9.47 Å². The number of hydrogen-bond donors (Lipinski definition) is 0. The van der Waals surface area contributed by atoms with Crippen LogP contribution in [-0.2, 0) is 38.9 Å². The molecule has 0 rings (SSSR count). The molecule has 0 fully saturated rings. The Kier molecular flexibility index (Phi) is 68.6. The van der Waals surface area contributed by atoms with Gasteiger partial charge in [0.05, 0.1) is 13.2 Å². The van der Waals surface area contributed by atoms with Crippen molar-refractivity contribution in [3.63, 3.8) is 0 Å². The van der Waals surface area contributed by atoms with Gasteiger partial charge >= 0.3 is 23.9 Å². The Hall–Kier alpha value is -1.84. The maximum atomic E-state index is 11.1. The molecular formula is C48H88O8Sn. The molecule has 9 heteroatoms. The van der Waals surface area contributed by atoms with E-state index in [0.717, 1.165) is 50.7 Å². The van der Waals surface area contributed by atoms with Gasteiger partial charge in [-0.15, -0.1) is 0 Å². The molecule has 8 radical (unpaired) electrons. The summed E-state index contributed by atoms with van der Waals surface area (Å²) in [5.41, 5.74) is 0. The number of carbonyl (C=O) groups excluding carboxylic acids is 4. The summed E-state index contributed by atoms with van der Waals surface area (Å²) in [6.07, 6.45) is 43.6. The zero-order chi connectivity index (χ0) is 42.6. The molecule has 0 aliphatic heterocycles. The average Bonchev–Trinajstić information content (AvgIpc) is 3.19. The van der Waals surface area contributed by atoms with Gasteiger partial charge in [0.1, 0.15) is 0 Å². The van der Waals surface area contributed by atoms with E-state index in [1.807, 2.05) is 0 Å². The Balaban J connectivity index is -0.000000261. The van der Waals surface area contributed by atoms with E-state index in [-0.39, 0.29) is 23.9 Å². The van der Waals surface area contributed by atoms with Crippen LogP contribution >= 0.6 is 0 Å². The fourth-order valence-corrected chi connectivity index (χ4v) is 5.31. The summed E-state index contributed by atoms with van der Waals surface area (Å²) >= 11 is 0. The Bertz CT molecular complexity index is 800. The fraction of sp³-hybridized carbons (Fsp3) is 0.792. The normalized spacial score (nSPS) is 10.4. The average molecular weight is 912 g/mol. The Morgan fingerprint density at radius 3 is 0.719 bits per heavy atom. The molecule has 332 valence electrons. The van der Waals surface area contributed by atoms with Gasteiger partial charge in [-0.1, -0.05) is 234 Å². The zero-order valence-corrected chi connectivity index (χ0v) is 40.4. The standard InChI is InChI=1S/2C20H35O4.2C4H9.Sn/c2*1-2-3-4-5-6-7-8-9-10-11-12-13-14-15-18-24-20(23)17-16-19(21)22;2*1-3-4-2;/h2*16-17H,2-15,18H2,1H3;2*1,3-4H2,2H3;/b2*17-16-;;;. The van der Waals surface area contributed by atoms with Gasteiger partial charge < -0.3 is 9.47 Å². The predicted molar refractivity (Wildman–Crippen MR) is 238 cm³/mol. The molecule has 0 saturated heterocycles. The molecular weight excluding hydrogens is 823 g/mol. The third-order valence-corrected chi connectivity index (χ3v) is 8.90. The maximum Gasteiger partial charge on any atom is 0.379 e.